The van der Waals surface area contributed by atoms with Crippen LogP contribution in [0.1, 0.15) is 40.2 Å². The van der Waals surface area contributed by atoms with Crippen LogP contribution in [0.2, 0.25) is 0 Å². The molecule has 0 aromatic heterocycles. The predicted molar refractivity (Wildman–Crippen MR) is 131 cm³/mol. The van der Waals surface area contributed by atoms with E-state index in [0.29, 0.717) is 21.8 Å². The van der Waals surface area contributed by atoms with E-state index in [4.69, 9.17) is 4.74 Å². The van der Waals surface area contributed by atoms with Crippen molar-refractivity contribution in [2.45, 2.75) is 34.6 Å². The second-order valence-electron chi connectivity index (χ2n) is 6.01. The number of hydrogen-bond donors (Lipinski definition) is 2. The van der Waals surface area contributed by atoms with Crippen LogP contribution in [0.25, 0.3) is 0 Å². The molecule has 0 heterocycles. The molecule has 0 radical (unpaired) electrons. The van der Waals surface area contributed by atoms with Crippen LogP contribution < -0.4 is 4.74 Å². The highest BCUT2D eigenvalue weighted by Gasteiger charge is 2.10. The molecule has 0 bridgehead atoms. The van der Waals surface area contributed by atoms with Gasteiger partial charge in [0, 0.05) is 31.7 Å². The molecule has 1 rings (SSSR count). The zero-order valence-corrected chi connectivity index (χ0v) is 19.9. The monoisotopic (exact) mass is 436 g/mol. The van der Waals surface area contributed by atoms with Gasteiger partial charge in [0.05, 0.1) is 12.8 Å². The van der Waals surface area contributed by atoms with Crippen molar-refractivity contribution in [3.63, 3.8) is 0 Å². The summed E-state index contributed by atoms with van der Waals surface area (Å²) in [6, 6.07) is 7.57. The summed E-state index contributed by atoms with van der Waals surface area (Å²) in [7, 11) is 1.63. The molecule has 0 atom stereocenters. The minimum absolute atomic E-state index is 0.551. The average Bonchev–Trinajstić information content (AvgIpc) is 2.74. The molecule has 0 aliphatic heterocycles. The molecule has 0 aliphatic carbocycles. The van der Waals surface area contributed by atoms with Crippen LogP contribution in [0, 0.1) is 0 Å². The summed E-state index contributed by atoms with van der Waals surface area (Å²) in [6.45, 7) is 13.3. The number of nitrogens with zero attached hydrogens (tertiary/aromatic N) is 6. The number of rotatable bonds is 9. The Morgan fingerprint density at radius 3 is 1.66 bits per heavy atom. The van der Waals surface area contributed by atoms with Crippen LogP contribution in [0.15, 0.2) is 44.7 Å². The fourth-order valence-electron chi connectivity index (χ4n) is 2.49. The fraction of sp³-hybridized carbons (Fsp3) is 0.500. The summed E-state index contributed by atoms with van der Waals surface area (Å²) >= 11 is 8.92. The van der Waals surface area contributed by atoms with Crippen LogP contribution in [0.5, 0.6) is 5.75 Å². The van der Waals surface area contributed by atoms with Gasteiger partial charge in [0.25, 0.3) is 0 Å². The maximum absolute atomic E-state index is 5.24. The summed E-state index contributed by atoms with van der Waals surface area (Å²) in [5.41, 5.74) is 2.09. The van der Waals surface area contributed by atoms with Crippen molar-refractivity contribution in [2.75, 3.05) is 33.3 Å². The molecule has 0 unspecified atom stereocenters. The van der Waals surface area contributed by atoms with E-state index in [2.05, 4.69) is 45.7 Å². The van der Waals surface area contributed by atoms with Gasteiger partial charge in [-0.15, -0.1) is 40.6 Å². The first-order chi connectivity index (χ1) is 13.9. The molecule has 0 aliphatic rings. The number of hydrogen-bond acceptors (Lipinski definition) is 5. The van der Waals surface area contributed by atoms with E-state index >= 15 is 0 Å². The molecule has 0 saturated carbocycles. The third kappa shape index (κ3) is 7.74. The number of methoxy groups -OCH3 is 1. The number of thiol groups is 2. The Kier molecular flexibility index (Phi) is 11.5. The molecule has 7 nitrogen and oxygen atoms in total. The molecule has 1 aromatic rings. The van der Waals surface area contributed by atoms with Gasteiger partial charge in [0.2, 0.25) is 0 Å². The lowest BCUT2D eigenvalue weighted by atomic mass is 10.1. The van der Waals surface area contributed by atoms with Gasteiger partial charge in [-0.05, 0) is 58.9 Å². The smallest absolute Gasteiger partial charge is 0.182 e. The standard InChI is InChI=1S/C20H32N6OS2/c1-7-25(8-2)19(28)23-21-15(5)18(16-11-13-17(27-6)14-12-16)22-24-20(29)26(9-3)10-4/h11-14H,7-10H2,1-6H3,(H,23,28)(H,24,29)/b21-15+,22-18-. The van der Waals surface area contributed by atoms with Crippen molar-refractivity contribution < 1.29 is 4.74 Å². The van der Waals surface area contributed by atoms with Crippen molar-refractivity contribution in [2.24, 2.45) is 20.4 Å². The van der Waals surface area contributed by atoms with Gasteiger partial charge in [-0.25, -0.2) is 0 Å². The average molecular weight is 437 g/mol. The number of benzene rings is 1. The van der Waals surface area contributed by atoms with Crippen molar-refractivity contribution in [1.82, 2.24) is 9.80 Å². The zero-order chi connectivity index (χ0) is 21.8. The first-order valence-corrected chi connectivity index (χ1v) is 10.6. The minimum atomic E-state index is 0.551. The molecule has 0 amide bonds. The van der Waals surface area contributed by atoms with E-state index in [1.165, 1.54) is 0 Å². The van der Waals surface area contributed by atoms with E-state index in [-0.39, 0.29) is 0 Å². The van der Waals surface area contributed by atoms with Crippen molar-refractivity contribution in [3.05, 3.63) is 29.8 Å². The molecule has 160 valence electrons. The van der Waals surface area contributed by atoms with Crippen molar-refractivity contribution in [3.8, 4) is 5.75 Å². The fourth-order valence-corrected chi connectivity index (χ4v) is 3.14. The lowest BCUT2D eigenvalue weighted by Crippen LogP contribution is -2.27. The molecule has 0 spiro atoms. The van der Waals surface area contributed by atoms with Gasteiger partial charge in [-0.2, -0.15) is 5.10 Å². The van der Waals surface area contributed by atoms with Crippen LogP contribution in [-0.4, -0.2) is 64.8 Å². The van der Waals surface area contributed by atoms with Gasteiger partial charge in [-0.1, -0.05) is 0 Å². The molecular formula is C20H32N6OS2. The first-order valence-electron chi connectivity index (χ1n) is 9.72. The third-order valence-electron chi connectivity index (χ3n) is 4.33. The van der Waals surface area contributed by atoms with E-state index in [1.54, 1.807) is 7.11 Å². The largest absolute Gasteiger partial charge is 0.497 e. The third-order valence-corrected chi connectivity index (χ3v) is 5.07. The highest BCUT2D eigenvalue weighted by molar-refractivity contribution is 7.97. The Hall–Kier alpha value is -2.00. The second-order valence-corrected chi connectivity index (χ2v) is 6.81. The SMILES string of the molecule is CCN(CC)/C(S)=N/N=C(C)/C(=N/N=C(\S)N(CC)CC)c1ccc(OC)cc1. The number of ether oxygens (including phenoxy) is 1. The highest BCUT2D eigenvalue weighted by Crippen LogP contribution is 2.14. The van der Waals surface area contributed by atoms with Crippen molar-refractivity contribution in [1.29, 1.82) is 0 Å². The Balaban J connectivity index is 3.35. The van der Waals surface area contributed by atoms with Crippen LogP contribution >= 0.6 is 25.3 Å². The second kappa shape index (κ2) is 13.3. The van der Waals surface area contributed by atoms with Gasteiger partial charge >= 0.3 is 0 Å². The molecule has 1 aromatic carbocycles. The van der Waals surface area contributed by atoms with Crippen LogP contribution in [-0.2, 0) is 0 Å². The number of amidine groups is 2. The summed E-state index contributed by atoms with van der Waals surface area (Å²) < 4.78 is 5.24. The Bertz CT molecular complexity index is 751. The Labute approximate surface area is 185 Å². The molecule has 0 saturated heterocycles. The topological polar surface area (TPSA) is 65.2 Å². The molecule has 0 fully saturated rings. The van der Waals surface area contributed by atoms with Gasteiger partial charge in [0.15, 0.2) is 10.3 Å². The van der Waals surface area contributed by atoms with Crippen molar-refractivity contribution >= 4 is 47.0 Å². The van der Waals surface area contributed by atoms with Crippen LogP contribution in [0.3, 0.4) is 0 Å². The Morgan fingerprint density at radius 1 is 0.793 bits per heavy atom. The maximum atomic E-state index is 5.24. The normalized spacial score (nSPS) is 13.5. The van der Waals surface area contributed by atoms with E-state index in [0.717, 1.165) is 37.5 Å². The molecular weight excluding hydrogens is 404 g/mol. The molecule has 0 N–H and O–H groups in total. The molecule has 29 heavy (non-hydrogen) atoms. The summed E-state index contributed by atoms with van der Waals surface area (Å²) in [4.78, 5) is 4.02. The summed E-state index contributed by atoms with van der Waals surface area (Å²) in [5, 5.41) is 18.4. The predicted octanol–water partition coefficient (Wildman–Crippen LogP) is 4.03. The van der Waals surface area contributed by atoms with E-state index in [9.17, 15) is 0 Å². The Morgan fingerprint density at radius 2 is 1.24 bits per heavy atom. The van der Waals surface area contributed by atoms with E-state index in [1.807, 2.05) is 68.7 Å². The quantitative estimate of drug-likeness (QED) is 0.266. The van der Waals surface area contributed by atoms with Gasteiger partial charge < -0.3 is 14.5 Å². The van der Waals surface area contributed by atoms with Crippen LogP contribution in [0.4, 0.5) is 0 Å². The minimum Gasteiger partial charge on any atom is -0.497 e. The highest BCUT2D eigenvalue weighted by atomic mass is 32.1. The van der Waals surface area contributed by atoms with E-state index < -0.39 is 0 Å². The lowest BCUT2D eigenvalue weighted by molar-refractivity contribution is 0.415. The molecule has 9 heteroatoms. The first kappa shape index (κ1) is 25.0. The maximum Gasteiger partial charge on any atom is 0.182 e. The van der Waals surface area contributed by atoms with Gasteiger partial charge in [-0.3, -0.25) is 0 Å². The van der Waals surface area contributed by atoms with Gasteiger partial charge in [0.1, 0.15) is 11.5 Å². The summed E-state index contributed by atoms with van der Waals surface area (Å²) in [5.74, 6) is 0.765. The summed E-state index contributed by atoms with van der Waals surface area (Å²) in [6.07, 6.45) is 0. The lowest BCUT2D eigenvalue weighted by Gasteiger charge is -2.18. The zero-order valence-electron chi connectivity index (χ0n) is 18.1.